The molecule has 0 saturated carbocycles. The van der Waals surface area contributed by atoms with E-state index in [1.54, 1.807) is 20.2 Å². The van der Waals surface area contributed by atoms with Crippen molar-refractivity contribution in [2.75, 3.05) is 20.2 Å². The van der Waals surface area contributed by atoms with Crippen molar-refractivity contribution in [1.29, 1.82) is 0 Å². The first kappa shape index (κ1) is 23.2. The Morgan fingerprint density at radius 2 is 2.07 bits per heavy atom. The van der Waals surface area contributed by atoms with Crippen molar-refractivity contribution < 1.29 is 14.3 Å². The molecule has 150 valence electrons. The van der Waals surface area contributed by atoms with Gasteiger partial charge in [0.25, 0.3) is 0 Å². The number of furan rings is 1. The second-order valence-corrected chi connectivity index (χ2v) is 6.36. The number of pyridine rings is 1. The van der Waals surface area contributed by atoms with E-state index < -0.39 is 5.60 Å². The SMILES string of the molecule is CCNC(=NCc1ccnc(OC)c1)NCC(C)(O)c1cc(C)oc1C.I. The van der Waals surface area contributed by atoms with Gasteiger partial charge in [0.15, 0.2) is 5.96 Å². The second kappa shape index (κ2) is 10.5. The van der Waals surface area contributed by atoms with Crippen LogP contribution in [0.15, 0.2) is 33.8 Å². The van der Waals surface area contributed by atoms with Crippen LogP contribution in [-0.2, 0) is 12.1 Å². The summed E-state index contributed by atoms with van der Waals surface area (Å²) < 4.78 is 10.7. The number of methoxy groups -OCH3 is 1. The Morgan fingerprint density at radius 3 is 2.67 bits per heavy atom. The van der Waals surface area contributed by atoms with Crippen LogP contribution >= 0.6 is 24.0 Å². The van der Waals surface area contributed by atoms with E-state index in [-0.39, 0.29) is 24.0 Å². The van der Waals surface area contributed by atoms with E-state index in [9.17, 15) is 5.11 Å². The fraction of sp³-hybridized carbons (Fsp3) is 0.474. The van der Waals surface area contributed by atoms with Crippen molar-refractivity contribution >= 4 is 29.9 Å². The molecule has 8 heteroatoms. The first-order valence-corrected chi connectivity index (χ1v) is 8.66. The molecule has 0 aliphatic heterocycles. The molecule has 7 nitrogen and oxygen atoms in total. The lowest BCUT2D eigenvalue weighted by atomic mass is 9.96. The Bertz CT molecular complexity index is 759. The van der Waals surface area contributed by atoms with Gasteiger partial charge in [-0.3, -0.25) is 0 Å². The molecule has 1 atom stereocenters. The van der Waals surface area contributed by atoms with Crippen molar-refractivity contribution in [3.8, 4) is 5.88 Å². The quantitative estimate of drug-likeness (QED) is 0.316. The largest absolute Gasteiger partial charge is 0.481 e. The molecule has 27 heavy (non-hydrogen) atoms. The zero-order chi connectivity index (χ0) is 19.2. The molecule has 2 aromatic rings. The predicted octanol–water partition coefficient (Wildman–Crippen LogP) is 2.88. The number of hydrogen-bond donors (Lipinski definition) is 3. The van der Waals surface area contributed by atoms with Gasteiger partial charge in [0, 0.05) is 24.4 Å². The predicted molar refractivity (Wildman–Crippen MR) is 117 cm³/mol. The van der Waals surface area contributed by atoms with Crippen LogP contribution in [0.3, 0.4) is 0 Å². The van der Waals surface area contributed by atoms with E-state index in [4.69, 9.17) is 9.15 Å². The molecule has 3 N–H and O–H groups in total. The zero-order valence-corrected chi connectivity index (χ0v) is 18.8. The summed E-state index contributed by atoms with van der Waals surface area (Å²) in [6, 6.07) is 5.61. The Labute approximate surface area is 177 Å². The third-order valence-corrected chi connectivity index (χ3v) is 3.99. The Morgan fingerprint density at radius 1 is 1.33 bits per heavy atom. The maximum Gasteiger partial charge on any atom is 0.213 e. The van der Waals surface area contributed by atoms with Gasteiger partial charge in [0.2, 0.25) is 5.88 Å². The van der Waals surface area contributed by atoms with E-state index in [0.29, 0.717) is 24.9 Å². The monoisotopic (exact) mass is 488 g/mol. The molecule has 0 amide bonds. The van der Waals surface area contributed by atoms with Gasteiger partial charge in [-0.1, -0.05) is 0 Å². The van der Waals surface area contributed by atoms with Crippen LogP contribution in [0.25, 0.3) is 0 Å². The number of rotatable bonds is 7. The molecule has 2 rings (SSSR count). The van der Waals surface area contributed by atoms with Crippen LogP contribution in [0.5, 0.6) is 5.88 Å². The minimum atomic E-state index is -1.07. The maximum atomic E-state index is 10.8. The molecule has 0 spiro atoms. The van der Waals surface area contributed by atoms with Crippen LogP contribution in [0, 0.1) is 13.8 Å². The Hall–Kier alpha value is -1.81. The lowest BCUT2D eigenvalue weighted by Crippen LogP contribution is -2.44. The first-order chi connectivity index (χ1) is 12.4. The van der Waals surface area contributed by atoms with Crippen molar-refractivity contribution in [3.63, 3.8) is 0 Å². The number of aryl methyl sites for hydroxylation is 2. The van der Waals surface area contributed by atoms with Crippen LogP contribution < -0.4 is 15.4 Å². The summed E-state index contributed by atoms with van der Waals surface area (Å²) in [5.41, 5.74) is 0.692. The Balaban J connectivity index is 0.00000364. The molecule has 2 aromatic heterocycles. The van der Waals surface area contributed by atoms with Gasteiger partial charge in [0.1, 0.15) is 17.1 Å². The molecule has 0 aliphatic carbocycles. The number of nitrogens with one attached hydrogen (secondary N) is 2. The first-order valence-electron chi connectivity index (χ1n) is 8.66. The average Bonchev–Trinajstić information content (AvgIpc) is 2.97. The summed E-state index contributed by atoms with van der Waals surface area (Å²) >= 11 is 0. The highest BCUT2D eigenvalue weighted by Crippen LogP contribution is 2.26. The van der Waals surface area contributed by atoms with Gasteiger partial charge in [-0.15, -0.1) is 24.0 Å². The molecule has 0 radical (unpaired) electrons. The fourth-order valence-corrected chi connectivity index (χ4v) is 2.69. The van der Waals surface area contributed by atoms with Crippen LogP contribution in [0.2, 0.25) is 0 Å². The van der Waals surface area contributed by atoms with Gasteiger partial charge < -0.3 is 24.9 Å². The molecule has 0 fully saturated rings. The molecule has 2 heterocycles. The van der Waals surface area contributed by atoms with Gasteiger partial charge in [-0.2, -0.15) is 0 Å². The number of hydrogen-bond acceptors (Lipinski definition) is 5. The van der Waals surface area contributed by atoms with Crippen molar-refractivity contribution in [3.05, 3.63) is 47.0 Å². The number of aliphatic hydroxyl groups is 1. The minimum Gasteiger partial charge on any atom is -0.481 e. The molecular weight excluding hydrogens is 459 g/mol. The molecule has 0 aromatic carbocycles. The van der Waals surface area contributed by atoms with Crippen LogP contribution in [-0.4, -0.2) is 36.2 Å². The van der Waals surface area contributed by atoms with Crippen LogP contribution in [0.4, 0.5) is 0 Å². The maximum absolute atomic E-state index is 10.8. The minimum absolute atomic E-state index is 0. The lowest BCUT2D eigenvalue weighted by Gasteiger charge is -2.24. The lowest BCUT2D eigenvalue weighted by molar-refractivity contribution is 0.0601. The molecule has 1 unspecified atom stereocenters. The van der Waals surface area contributed by atoms with Gasteiger partial charge in [-0.25, -0.2) is 9.98 Å². The topological polar surface area (TPSA) is 91.9 Å². The number of halogens is 1. The standard InChI is InChI=1S/C19H28N4O3.HI/c1-6-20-18(22-11-15-7-8-21-17(10-15)25-5)23-12-19(4,24)16-9-13(2)26-14(16)3;/h7-10,24H,6,11-12H2,1-5H3,(H2,20,22,23);1H. The van der Waals surface area contributed by atoms with Crippen molar-refractivity contribution in [2.45, 2.75) is 39.8 Å². The fourth-order valence-electron chi connectivity index (χ4n) is 2.69. The molecule has 0 saturated heterocycles. The smallest absolute Gasteiger partial charge is 0.213 e. The van der Waals surface area contributed by atoms with E-state index in [2.05, 4.69) is 20.6 Å². The summed E-state index contributed by atoms with van der Waals surface area (Å²) in [4.78, 5) is 8.65. The number of aromatic nitrogens is 1. The third kappa shape index (κ3) is 6.69. The van der Waals surface area contributed by atoms with E-state index >= 15 is 0 Å². The number of ether oxygens (including phenoxy) is 1. The molecular formula is C19H29IN4O3. The van der Waals surface area contributed by atoms with Gasteiger partial charge in [0.05, 0.1) is 20.2 Å². The molecule has 0 aliphatic rings. The number of nitrogens with zero attached hydrogens (tertiary/aromatic N) is 2. The van der Waals surface area contributed by atoms with Gasteiger partial charge >= 0.3 is 0 Å². The van der Waals surface area contributed by atoms with Crippen molar-refractivity contribution in [2.24, 2.45) is 4.99 Å². The summed E-state index contributed by atoms with van der Waals surface area (Å²) in [5, 5.41) is 17.2. The summed E-state index contributed by atoms with van der Waals surface area (Å²) in [6.45, 7) is 8.97. The van der Waals surface area contributed by atoms with Crippen molar-refractivity contribution in [1.82, 2.24) is 15.6 Å². The number of aliphatic imine (C=N–C) groups is 1. The van der Waals surface area contributed by atoms with Crippen LogP contribution in [0.1, 0.15) is 36.5 Å². The zero-order valence-electron chi connectivity index (χ0n) is 16.5. The molecule has 0 bridgehead atoms. The van der Waals surface area contributed by atoms with E-state index in [1.165, 1.54) is 0 Å². The Kier molecular flexibility index (Phi) is 9.04. The number of guanidine groups is 1. The highest BCUT2D eigenvalue weighted by atomic mass is 127. The summed E-state index contributed by atoms with van der Waals surface area (Å²) in [5.74, 6) is 2.69. The average molecular weight is 488 g/mol. The summed E-state index contributed by atoms with van der Waals surface area (Å²) in [7, 11) is 1.59. The third-order valence-electron chi connectivity index (χ3n) is 3.99. The summed E-state index contributed by atoms with van der Waals surface area (Å²) in [6.07, 6.45) is 1.69. The highest BCUT2D eigenvalue weighted by Gasteiger charge is 2.27. The van der Waals surface area contributed by atoms with E-state index in [1.807, 2.05) is 39.0 Å². The second-order valence-electron chi connectivity index (χ2n) is 6.36. The highest BCUT2D eigenvalue weighted by molar-refractivity contribution is 14.0. The van der Waals surface area contributed by atoms with Gasteiger partial charge in [-0.05, 0) is 45.4 Å². The van der Waals surface area contributed by atoms with E-state index in [0.717, 1.165) is 29.2 Å². The normalized spacial score (nSPS) is 13.5.